The molecule has 0 aliphatic heterocycles. The quantitative estimate of drug-likeness (QED) is 0.476. The molecule has 0 fully saturated rings. The van der Waals surface area contributed by atoms with Gasteiger partial charge in [0.15, 0.2) is 5.13 Å². The maximum atomic E-state index is 13.0. The summed E-state index contributed by atoms with van der Waals surface area (Å²) in [5.74, 6) is 0.293. The second-order valence-corrected chi connectivity index (χ2v) is 9.40. The number of rotatable bonds is 7. The number of hydrogen-bond acceptors (Lipinski definition) is 7. The molecule has 3 N–H and O–H groups in total. The van der Waals surface area contributed by atoms with Gasteiger partial charge in [-0.15, -0.1) is 0 Å². The van der Waals surface area contributed by atoms with Gasteiger partial charge >= 0.3 is 0 Å². The lowest BCUT2D eigenvalue weighted by Crippen LogP contribution is -2.14. The van der Waals surface area contributed by atoms with Crippen LogP contribution < -0.4 is 14.8 Å². The van der Waals surface area contributed by atoms with Crippen LogP contribution in [0.15, 0.2) is 47.4 Å². The fourth-order valence-electron chi connectivity index (χ4n) is 2.74. The van der Waals surface area contributed by atoms with Gasteiger partial charge in [0.2, 0.25) is 0 Å². The monoisotopic (exact) mass is 433 g/mol. The summed E-state index contributed by atoms with van der Waals surface area (Å²) in [6.45, 7) is 5.96. The molecule has 154 valence electrons. The van der Waals surface area contributed by atoms with Crippen LogP contribution in [0, 0.1) is 6.92 Å². The van der Waals surface area contributed by atoms with Crippen molar-refractivity contribution in [3.05, 3.63) is 48.2 Å². The van der Waals surface area contributed by atoms with Gasteiger partial charge in [-0.3, -0.25) is 4.72 Å². The molecule has 2 aromatic carbocycles. The van der Waals surface area contributed by atoms with Crippen molar-refractivity contribution in [1.29, 1.82) is 0 Å². The predicted octanol–water partition coefficient (Wildman–Crippen LogP) is 4.45. The number of anilines is 2. The molecule has 0 aliphatic rings. The number of nitrogens with zero attached hydrogens (tertiary/aromatic N) is 1. The van der Waals surface area contributed by atoms with Gasteiger partial charge in [-0.05, 0) is 68.8 Å². The van der Waals surface area contributed by atoms with E-state index in [0.717, 1.165) is 21.3 Å². The number of ether oxygens (including phenoxy) is 1. The number of sulfonamides is 1. The van der Waals surface area contributed by atoms with E-state index in [4.69, 9.17) is 4.74 Å². The van der Waals surface area contributed by atoms with E-state index in [9.17, 15) is 13.5 Å². The van der Waals surface area contributed by atoms with E-state index in [2.05, 4.69) is 15.0 Å². The van der Waals surface area contributed by atoms with Crippen molar-refractivity contribution in [2.45, 2.75) is 31.7 Å². The van der Waals surface area contributed by atoms with Crippen LogP contribution in [0.5, 0.6) is 11.5 Å². The first kappa shape index (κ1) is 20.9. The second-order valence-electron chi connectivity index (χ2n) is 6.75. The number of benzene rings is 2. The Morgan fingerprint density at radius 3 is 2.45 bits per heavy atom. The highest BCUT2D eigenvalue weighted by Gasteiger charge is 2.22. The number of phenolic OH excluding ortho intramolecular Hbond substituents is 1. The van der Waals surface area contributed by atoms with E-state index in [0.29, 0.717) is 5.69 Å². The number of nitrogens with one attached hydrogen (secondary N) is 2. The maximum Gasteiger partial charge on any atom is 0.265 e. The van der Waals surface area contributed by atoms with E-state index in [1.54, 1.807) is 12.1 Å². The number of phenols is 1. The molecule has 0 spiro atoms. The highest BCUT2D eigenvalue weighted by Crippen LogP contribution is 2.37. The molecular weight excluding hydrogens is 410 g/mol. The third-order valence-electron chi connectivity index (χ3n) is 4.04. The zero-order valence-electron chi connectivity index (χ0n) is 16.6. The van der Waals surface area contributed by atoms with E-state index in [1.807, 2.05) is 26.8 Å². The Morgan fingerprint density at radius 1 is 1.14 bits per heavy atom. The summed E-state index contributed by atoms with van der Waals surface area (Å²) in [7, 11) is -2.48. The first-order chi connectivity index (χ1) is 13.7. The Balaban J connectivity index is 2.01. The summed E-state index contributed by atoms with van der Waals surface area (Å²) in [4.78, 5) is 5.44. The van der Waals surface area contributed by atoms with Gasteiger partial charge in [-0.2, -0.15) is 0 Å². The molecule has 9 heteroatoms. The molecule has 0 saturated heterocycles. The minimum absolute atomic E-state index is 0.0248. The van der Waals surface area contributed by atoms with Crippen LogP contribution in [0.1, 0.15) is 19.5 Å². The van der Waals surface area contributed by atoms with Gasteiger partial charge in [-0.25, -0.2) is 13.4 Å². The lowest BCUT2D eigenvalue weighted by Gasteiger charge is -2.13. The molecule has 29 heavy (non-hydrogen) atoms. The fourth-order valence-corrected chi connectivity index (χ4v) is 5.10. The molecule has 0 saturated carbocycles. The molecule has 3 aromatic rings. The van der Waals surface area contributed by atoms with Gasteiger partial charge in [0.1, 0.15) is 16.4 Å². The topological polar surface area (TPSA) is 101 Å². The molecule has 0 aliphatic carbocycles. The lowest BCUT2D eigenvalue weighted by atomic mass is 10.1. The molecule has 0 amide bonds. The lowest BCUT2D eigenvalue weighted by molar-refractivity contribution is 0.403. The Hall–Kier alpha value is -2.78. The van der Waals surface area contributed by atoms with Crippen LogP contribution in [-0.4, -0.2) is 31.7 Å². The Labute approximate surface area is 174 Å². The first-order valence-corrected chi connectivity index (χ1v) is 11.2. The summed E-state index contributed by atoms with van der Waals surface area (Å²) in [5, 5.41) is 13.5. The largest absolute Gasteiger partial charge is 0.508 e. The number of thiazole rings is 1. The van der Waals surface area contributed by atoms with Gasteiger partial charge < -0.3 is 15.2 Å². The summed E-state index contributed by atoms with van der Waals surface area (Å²) < 4.78 is 33.8. The number of aryl methyl sites for hydroxylation is 1. The predicted molar refractivity (Wildman–Crippen MR) is 117 cm³/mol. The summed E-state index contributed by atoms with van der Waals surface area (Å²) in [6.07, 6.45) is 0. The number of aromatic nitrogens is 1. The Morgan fingerprint density at radius 2 is 1.83 bits per heavy atom. The molecule has 0 unspecified atom stereocenters. The molecule has 1 aromatic heterocycles. The smallest absolute Gasteiger partial charge is 0.265 e. The molecule has 1 heterocycles. The van der Waals surface area contributed by atoms with Gasteiger partial charge in [0.25, 0.3) is 10.0 Å². The third-order valence-corrected chi connectivity index (χ3v) is 6.58. The van der Waals surface area contributed by atoms with E-state index in [1.165, 1.54) is 42.7 Å². The van der Waals surface area contributed by atoms with Crippen molar-refractivity contribution < 1.29 is 18.3 Å². The number of aromatic hydroxyl groups is 1. The van der Waals surface area contributed by atoms with Crippen LogP contribution in [0.3, 0.4) is 0 Å². The van der Waals surface area contributed by atoms with Crippen molar-refractivity contribution in [2.24, 2.45) is 0 Å². The SMILES string of the molecule is COc1ccc(-c2sc(NC(C)C)nc2C)cc1S(=O)(=O)Nc1ccc(O)cc1. The van der Waals surface area contributed by atoms with Crippen molar-refractivity contribution in [1.82, 2.24) is 4.98 Å². The average molecular weight is 434 g/mol. The minimum atomic E-state index is -3.91. The highest BCUT2D eigenvalue weighted by molar-refractivity contribution is 7.92. The van der Waals surface area contributed by atoms with Crippen molar-refractivity contribution in [3.63, 3.8) is 0 Å². The number of hydrogen-bond donors (Lipinski definition) is 3. The summed E-state index contributed by atoms with van der Waals surface area (Å²) in [6, 6.07) is 11.1. The van der Waals surface area contributed by atoms with E-state index in [-0.39, 0.29) is 22.4 Å². The zero-order valence-corrected chi connectivity index (χ0v) is 18.2. The highest BCUT2D eigenvalue weighted by atomic mass is 32.2. The standard InChI is InChI=1S/C20H23N3O4S2/c1-12(2)21-20-22-13(3)19(28-20)14-5-10-17(27-4)18(11-14)29(25,26)23-15-6-8-16(24)9-7-15/h5-12,23-24H,1-4H3,(H,21,22). The van der Waals surface area contributed by atoms with E-state index < -0.39 is 10.0 Å². The van der Waals surface area contributed by atoms with Crippen molar-refractivity contribution in [2.75, 3.05) is 17.1 Å². The fraction of sp³-hybridized carbons (Fsp3) is 0.250. The molecular formula is C20H23N3O4S2. The molecule has 0 atom stereocenters. The zero-order chi connectivity index (χ0) is 21.2. The summed E-state index contributed by atoms with van der Waals surface area (Å²) >= 11 is 1.47. The van der Waals surface area contributed by atoms with Crippen LogP contribution in [0.25, 0.3) is 10.4 Å². The van der Waals surface area contributed by atoms with Gasteiger partial charge in [0.05, 0.1) is 17.7 Å². The van der Waals surface area contributed by atoms with Gasteiger partial charge in [-0.1, -0.05) is 11.3 Å². The molecule has 0 radical (unpaired) electrons. The molecule has 7 nitrogen and oxygen atoms in total. The van der Waals surface area contributed by atoms with E-state index >= 15 is 0 Å². The first-order valence-electron chi connectivity index (χ1n) is 8.94. The van der Waals surface area contributed by atoms with Crippen molar-refractivity contribution >= 4 is 32.2 Å². The molecule has 3 rings (SSSR count). The normalized spacial score (nSPS) is 11.5. The summed E-state index contributed by atoms with van der Waals surface area (Å²) in [5.41, 5.74) is 1.90. The van der Waals surface area contributed by atoms with Crippen LogP contribution >= 0.6 is 11.3 Å². The van der Waals surface area contributed by atoms with Crippen molar-refractivity contribution in [3.8, 4) is 21.9 Å². The minimum Gasteiger partial charge on any atom is -0.508 e. The second kappa shape index (κ2) is 8.30. The third kappa shape index (κ3) is 4.80. The maximum absolute atomic E-state index is 13.0. The molecule has 0 bridgehead atoms. The Bertz CT molecular complexity index is 1110. The van der Waals surface area contributed by atoms with Crippen LogP contribution in [0.4, 0.5) is 10.8 Å². The Kier molecular flexibility index (Phi) is 5.99. The number of methoxy groups -OCH3 is 1. The van der Waals surface area contributed by atoms with Crippen LogP contribution in [-0.2, 0) is 10.0 Å². The van der Waals surface area contributed by atoms with Crippen LogP contribution in [0.2, 0.25) is 0 Å². The average Bonchev–Trinajstić information content (AvgIpc) is 3.02. The van der Waals surface area contributed by atoms with Gasteiger partial charge in [0, 0.05) is 11.7 Å².